The minimum absolute atomic E-state index is 0.204. The van der Waals surface area contributed by atoms with Gasteiger partial charge < -0.3 is 14.5 Å². The Balaban J connectivity index is 2.29. The number of aromatic nitrogens is 2. The number of aromatic amines is 1. The zero-order valence-corrected chi connectivity index (χ0v) is 12.6. The van der Waals surface area contributed by atoms with Crippen LogP contribution in [0.5, 0.6) is 11.5 Å². The second-order valence-corrected chi connectivity index (χ2v) is 4.95. The van der Waals surface area contributed by atoms with Crippen molar-refractivity contribution in [3.8, 4) is 22.9 Å². The van der Waals surface area contributed by atoms with Crippen LogP contribution in [0.15, 0.2) is 41.2 Å². The van der Waals surface area contributed by atoms with Gasteiger partial charge in [0.2, 0.25) is 0 Å². The van der Waals surface area contributed by atoms with Gasteiger partial charge in [-0.1, -0.05) is 24.3 Å². The van der Waals surface area contributed by atoms with Gasteiger partial charge >= 0.3 is 0 Å². The number of hydrogen-bond donors (Lipinski definition) is 1. The zero-order chi connectivity index (χ0) is 15.7. The van der Waals surface area contributed by atoms with Gasteiger partial charge in [0.1, 0.15) is 5.82 Å². The van der Waals surface area contributed by atoms with Crippen molar-refractivity contribution in [1.29, 1.82) is 0 Å². The molecule has 5 nitrogen and oxygen atoms in total. The Bertz CT molecular complexity index is 900. The van der Waals surface area contributed by atoms with Gasteiger partial charge in [-0.15, -0.1) is 0 Å². The van der Waals surface area contributed by atoms with E-state index in [0.717, 1.165) is 11.1 Å². The summed E-state index contributed by atoms with van der Waals surface area (Å²) in [6.07, 6.45) is 0. The fourth-order valence-electron chi connectivity index (χ4n) is 2.43. The Morgan fingerprint density at radius 3 is 2.41 bits per heavy atom. The Labute approximate surface area is 127 Å². The van der Waals surface area contributed by atoms with E-state index in [0.29, 0.717) is 28.2 Å². The summed E-state index contributed by atoms with van der Waals surface area (Å²) in [4.78, 5) is 19.8. The van der Waals surface area contributed by atoms with Crippen molar-refractivity contribution < 1.29 is 9.47 Å². The van der Waals surface area contributed by atoms with Gasteiger partial charge in [0, 0.05) is 11.6 Å². The quantitative estimate of drug-likeness (QED) is 0.807. The smallest absolute Gasteiger partial charge is 0.259 e. The molecule has 0 radical (unpaired) electrons. The predicted molar refractivity (Wildman–Crippen MR) is 85.6 cm³/mol. The number of rotatable bonds is 3. The average Bonchev–Trinajstić information content (AvgIpc) is 2.54. The lowest BCUT2D eigenvalue weighted by Crippen LogP contribution is -2.10. The summed E-state index contributed by atoms with van der Waals surface area (Å²) < 4.78 is 10.5. The van der Waals surface area contributed by atoms with Gasteiger partial charge in [0.05, 0.1) is 25.1 Å². The monoisotopic (exact) mass is 296 g/mol. The first-order chi connectivity index (χ1) is 10.6. The lowest BCUT2D eigenvalue weighted by atomic mass is 10.1. The van der Waals surface area contributed by atoms with E-state index in [1.54, 1.807) is 19.2 Å². The number of nitrogens with zero attached hydrogens (tertiary/aromatic N) is 1. The molecule has 0 spiro atoms. The molecule has 0 atom stereocenters. The van der Waals surface area contributed by atoms with Crippen molar-refractivity contribution in [2.75, 3.05) is 14.2 Å². The first-order valence-electron chi connectivity index (χ1n) is 6.86. The fraction of sp³-hybridized carbons (Fsp3) is 0.176. The largest absolute Gasteiger partial charge is 0.493 e. The molecule has 2 aromatic carbocycles. The molecule has 0 aliphatic carbocycles. The highest BCUT2D eigenvalue weighted by Crippen LogP contribution is 2.30. The van der Waals surface area contributed by atoms with Crippen LogP contribution in [0.2, 0.25) is 0 Å². The molecule has 1 heterocycles. The van der Waals surface area contributed by atoms with Crippen molar-refractivity contribution in [3.05, 3.63) is 52.3 Å². The molecular formula is C17H16N2O3. The third-order valence-electron chi connectivity index (χ3n) is 3.61. The summed E-state index contributed by atoms with van der Waals surface area (Å²) in [7, 11) is 3.09. The van der Waals surface area contributed by atoms with Crippen molar-refractivity contribution >= 4 is 10.9 Å². The van der Waals surface area contributed by atoms with Gasteiger partial charge in [-0.2, -0.15) is 0 Å². The van der Waals surface area contributed by atoms with Crippen LogP contribution in [0.1, 0.15) is 5.56 Å². The van der Waals surface area contributed by atoms with Crippen molar-refractivity contribution in [1.82, 2.24) is 9.97 Å². The molecule has 22 heavy (non-hydrogen) atoms. The second-order valence-electron chi connectivity index (χ2n) is 4.95. The van der Waals surface area contributed by atoms with Crippen LogP contribution in [0.4, 0.5) is 0 Å². The Kier molecular flexibility index (Phi) is 3.55. The maximum atomic E-state index is 12.4. The molecule has 3 rings (SSSR count). The molecule has 0 aliphatic heterocycles. The standard InChI is InChI=1S/C17H16N2O3/c1-10-6-4-5-7-11(10)16-18-13-9-15(22-3)14(21-2)8-12(13)17(20)19-16/h4-9H,1-3H3,(H,18,19,20). The fourth-order valence-corrected chi connectivity index (χ4v) is 2.43. The molecule has 0 aliphatic rings. The number of nitrogens with one attached hydrogen (secondary N) is 1. The molecule has 0 unspecified atom stereocenters. The first kappa shape index (κ1) is 14.1. The molecule has 3 aromatic rings. The van der Waals surface area contributed by atoms with Crippen molar-refractivity contribution in [2.45, 2.75) is 6.92 Å². The molecule has 1 aromatic heterocycles. The van der Waals surface area contributed by atoms with E-state index in [1.165, 1.54) is 7.11 Å². The number of benzene rings is 2. The summed E-state index contributed by atoms with van der Waals surface area (Å²) in [5, 5.41) is 0.468. The van der Waals surface area contributed by atoms with E-state index in [9.17, 15) is 4.79 Å². The Hall–Kier alpha value is -2.82. The maximum Gasteiger partial charge on any atom is 0.259 e. The normalized spacial score (nSPS) is 10.7. The van der Waals surface area contributed by atoms with Crippen LogP contribution in [-0.4, -0.2) is 24.2 Å². The first-order valence-corrected chi connectivity index (χ1v) is 6.86. The van der Waals surface area contributed by atoms with Gasteiger partial charge in [0.25, 0.3) is 5.56 Å². The van der Waals surface area contributed by atoms with Gasteiger partial charge in [0.15, 0.2) is 11.5 Å². The van der Waals surface area contributed by atoms with Gasteiger partial charge in [-0.05, 0) is 18.6 Å². The molecule has 0 fully saturated rings. The number of fused-ring (bicyclic) bond motifs is 1. The highest BCUT2D eigenvalue weighted by molar-refractivity contribution is 5.83. The minimum Gasteiger partial charge on any atom is -0.493 e. The summed E-state index contributed by atoms with van der Waals surface area (Å²) >= 11 is 0. The molecular weight excluding hydrogens is 280 g/mol. The lowest BCUT2D eigenvalue weighted by molar-refractivity contribution is 0.355. The topological polar surface area (TPSA) is 64.2 Å². The number of aryl methyl sites for hydroxylation is 1. The summed E-state index contributed by atoms with van der Waals surface area (Å²) in [5.74, 6) is 1.59. The molecule has 1 N–H and O–H groups in total. The van der Waals surface area contributed by atoms with Crippen LogP contribution in [0, 0.1) is 6.92 Å². The van der Waals surface area contributed by atoms with Gasteiger partial charge in [-0.3, -0.25) is 4.79 Å². The SMILES string of the molecule is COc1cc2nc(-c3ccccc3C)[nH]c(=O)c2cc1OC. The van der Waals surface area contributed by atoms with Crippen molar-refractivity contribution in [2.24, 2.45) is 0 Å². The number of hydrogen-bond acceptors (Lipinski definition) is 4. The van der Waals surface area contributed by atoms with Crippen LogP contribution >= 0.6 is 0 Å². The number of methoxy groups -OCH3 is 2. The summed E-state index contributed by atoms with van der Waals surface area (Å²) in [6.45, 7) is 1.98. The van der Waals surface area contributed by atoms with Gasteiger partial charge in [-0.25, -0.2) is 4.98 Å². The highest BCUT2D eigenvalue weighted by atomic mass is 16.5. The average molecular weight is 296 g/mol. The van der Waals surface area contributed by atoms with Crippen LogP contribution < -0.4 is 15.0 Å². The van der Waals surface area contributed by atoms with E-state index < -0.39 is 0 Å². The molecule has 0 amide bonds. The van der Waals surface area contributed by atoms with E-state index in [-0.39, 0.29) is 5.56 Å². The number of ether oxygens (including phenoxy) is 2. The molecule has 112 valence electrons. The van der Waals surface area contributed by atoms with E-state index in [1.807, 2.05) is 31.2 Å². The summed E-state index contributed by atoms with van der Waals surface area (Å²) in [5.41, 5.74) is 2.31. The third-order valence-corrected chi connectivity index (χ3v) is 3.61. The Morgan fingerprint density at radius 2 is 1.73 bits per heavy atom. The van der Waals surface area contributed by atoms with Crippen molar-refractivity contribution in [3.63, 3.8) is 0 Å². The maximum absolute atomic E-state index is 12.4. The van der Waals surface area contributed by atoms with Crippen LogP contribution in [0.3, 0.4) is 0 Å². The minimum atomic E-state index is -0.204. The predicted octanol–water partition coefficient (Wildman–Crippen LogP) is 2.92. The van der Waals surface area contributed by atoms with E-state index in [2.05, 4.69) is 9.97 Å². The molecule has 0 saturated carbocycles. The highest BCUT2D eigenvalue weighted by Gasteiger charge is 2.12. The number of H-pyrrole nitrogens is 1. The second kappa shape index (κ2) is 5.52. The summed E-state index contributed by atoms with van der Waals surface area (Å²) in [6, 6.07) is 11.1. The molecule has 5 heteroatoms. The third kappa shape index (κ3) is 2.30. The molecule has 0 bridgehead atoms. The van der Waals surface area contributed by atoms with Crippen LogP contribution in [0.25, 0.3) is 22.3 Å². The van der Waals surface area contributed by atoms with E-state index >= 15 is 0 Å². The lowest BCUT2D eigenvalue weighted by Gasteiger charge is -2.10. The van der Waals surface area contributed by atoms with Crippen LogP contribution in [-0.2, 0) is 0 Å². The Morgan fingerprint density at radius 1 is 1.05 bits per heavy atom. The van der Waals surface area contributed by atoms with E-state index in [4.69, 9.17) is 9.47 Å². The molecule has 0 saturated heterocycles. The zero-order valence-electron chi connectivity index (χ0n) is 12.6.